The third-order valence-corrected chi connectivity index (χ3v) is 2.47. The zero-order valence-electron chi connectivity index (χ0n) is 8.55. The van der Waals surface area contributed by atoms with Crippen molar-refractivity contribution in [3.63, 3.8) is 0 Å². The average molecular weight is 169 g/mol. The summed E-state index contributed by atoms with van der Waals surface area (Å²) in [5.74, 6) is 0.675. The van der Waals surface area contributed by atoms with Crippen LogP contribution in [0.2, 0.25) is 0 Å². The number of allylic oxidation sites excluding steroid dienone is 1. The summed E-state index contributed by atoms with van der Waals surface area (Å²) < 4.78 is 0. The Kier molecular flexibility index (Phi) is 7.17. The van der Waals surface area contributed by atoms with Gasteiger partial charge in [-0.25, -0.2) is 0 Å². The molecule has 1 heteroatoms. The van der Waals surface area contributed by atoms with Crippen LogP contribution in [0.25, 0.3) is 0 Å². The van der Waals surface area contributed by atoms with Gasteiger partial charge < -0.3 is 5.73 Å². The van der Waals surface area contributed by atoms with Crippen LogP contribution in [0.15, 0.2) is 12.7 Å². The Morgan fingerprint density at radius 2 is 1.92 bits per heavy atom. The Balaban J connectivity index is 3.13. The maximum absolute atomic E-state index is 5.76. The van der Waals surface area contributed by atoms with Crippen molar-refractivity contribution in [2.75, 3.05) is 0 Å². The molecule has 0 aliphatic heterocycles. The number of nitrogens with two attached hydrogens (primary N) is 1. The maximum atomic E-state index is 5.76. The van der Waals surface area contributed by atoms with Crippen molar-refractivity contribution in [3.8, 4) is 0 Å². The van der Waals surface area contributed by atoms with Gasteiger partial charge in [0.1, 0.15) is 0 Å². The molecule has 2 unspecified atom stereocenters. The monoisotopic (exact) mass is 169 g/mol. The van der Waals surface area contributed by atoms with E-state index in [0.29, 0.717) is 12.0 Å². The molecular weight excluding hydrogens is 146 g/mol. The molecule has 2 atom stereocenters. The molecule has 0 heterocycles. The minimum Gasteiger partial charge on any atom is -0.328 e. The Labute approximate surface area is 77.0 Å². The van der Waals surface area contributed by atoms with Gasteiger partial charge in [-0.1, -0.05) is 25.8 Å². The van der Waals surface area contributed by atoms with Crippen molar-refractivity contribution in [2.24, 2.45) is 11.7 Å². The molecule has 0 saturated carbocycles. The molecule has 0 aromatic heterocycles. The molecule has 0 aromatic carbocycles. The lowest BCUT2D eigenvalue weighted by atomic mass is 9.97. The highest BCUT2D eigenvalue weighted by atomic mass is 14.6. The van der Waals surface area contributed by atoms with E-state index in [-0.39, 0.29) is 0 Å². The fourth-order valence-corrected chi connectivity index (χ4v) is 1.19. The van der Waals surface area contributed by atoms with Gasteiger partial charge in [-0.05, 0) is 32.1 Å². The highest BCUT2D eigenvalue weighted by Gasteiger charge is 2.05. The van der Waals surface area contributed by atoms with E-state index < -0.39 is 0 Å². The molecule has 0 rings (SSSR count). The highest BCUT2D eigenvalue weighted by molar-refractivity contribution is 4.67. The van der Waals surface area contributed by atoms with E-state index in [1.807, 2.05) is 6.08 Å². The molecule has 0 spiro atoms. The lowest BCUT2D eigenvalue weighted by Crippen LogP contribution is -2.23. The van der Waals surface area contributed by atoms with Gasteiger partial charge in [0.15, 0.2) is 0 Å². The lowest BCUT2D eigenvalue weighted by molar-refractivity contribution is 0.427. The number of hydrogen-bond acceptors (Lipinski definition) is 1. The van der Waals surface area contributed by atoms with Crippen molar-refractivity contribution >= 4 is 0 Å². The van der Waals surface area contributed by atoms with Gasteiger partial charge in [-0.3, -0.25) is 0 Å². The summed E-state index contributed by atoms with van der Waals surface area (Å²) in [6, 6.07) is 0.351. The minimum absolute atomic E-state index is 0.351. The van der Waals surface area contributed by atoms with E-state index in [1.54, 1.807) is 0 Å². The molecule has 12 heavy (non-hydrogen) atoms. The Bertz CT molecular complexity index is 108. The van der Waals surface area contributed by atoms with Crippen LogP contribution in [0.1, 0.15) is 46.0 Å². The molecule has 1 nitrogen and oxygen atoms in total. The van der Waals surface area contributed by atoms with Gasteiger partial charge in [-0.2, -0.15) is 0 Å². The topological polar surface area (TPSA) is 26.0 Å². The van der Waals surface area contributed by atoms with Gasteiger partial charge in [0.05, 0.1) is 0 Å². The van der Waals surface area contributed by atoms with E-state index in [9.17, 15) is 0 Å². The summed E-state index contributed by atoms with van der Waals surface area (Å²) in [5.41, 5.74) is 5.76. The number of rotatable bonds is 7. The second kappa shape index (κ2) is 7.35. The first-order valence-corrected chi connectivity index (χ1v) is 5.05. The molecule has 0 aliphatic rings. The highest BCUT2D eigenvalue weighted by Crippen LogP contribution is 2.12. The van der Waals surface area contributed by atoms with Crippen LogP contribution >= 0.6 is 0 Å². The molecule has 0 saturated heterocycles. The zero-order chi connectivity index (χ0) is 9.40. The van der Waals surface area contributed by atoms with Crippen LogP contribution < -0.4 is 5.73 Å². The fourth-order valence-electron chi connectivity index (χ4n) is 1.19. The summed E-state index contributed by atoms with van der Waals surface area (Å²) >= 11 is 0. The second-order valence-corrected chi connectivity index (χ2v) is 3.76. The SMILES string of the molecule is C=CCCCCCC(C)C(C)N. The summed E-state index contributed by atoms with van der Waals surface area (Å²) in [6.45, 7) is 8.03. The van der Waals surface area contributed by atoms with E-state index in [2.05, 4.69) is 20.4 Å². The van der Waals surface area contributed by atoms with Crippen LogP contribution in [-0.2, 0) is 0 Å². The standard InChI is InChI=1S/C11H23N/c1-4-5-6-7-8-9-10(2)11(3)12/h4,10-11H,1,5-9,12H2,2-3H3. The molecule has 72 valence electrons. The van der Waals surface area contributed by atoms with E-state index in [1.165, 1.54) is 25.7 Å². The van der Waals surface area contributed by atoms with Crippen LogP contribution in [-0.4, -0.2) is 6.04 Å². The summed E-state index contributed by atoms with van der Waals surface area (Å²) in [5, 5.41) is 0. The Morgan fingerprint density at radius 1 is 1.25 bits per heavy atom. The number of unbranched alkanes of at least 4 members (excludes halogenated alkanes) is 3. The summed E-state index contributed by atoms with van der Waals surface area (Å²) in [6.07, 6.45) is 8.35. The van der Waals surface area contributed by atoms with Gasteiger partial charge in [0.2, 0.25) is 0 Å². The maximum Gasteiger partial charge on any atom is 0.00361 e. The van der Waals surface area contributed by atoms with Crippen molar-refractivity contribution in [1.29, 1.82) is 0 Å². The third-order valence-electron chi connectivity index (χ3n) is 2.47. The Morgan fingerprint density at radius 3 is 2.42 bits per heavy atom. The second-order valence-electron chi connectivity index (χ2n) is 3.76. The van der Waals surface area contributed by atoms with Gasteiger partial charge in [0.25, 0.3) is 0 Å². The predicted molar refractivity (Wildman–Crippen MR) is 56.1 cm³/mol. The molecule has 2 N–H and O–H groups in total. The first-order valence-electron chi connectivity index (χ1n) is 5.05. The normalized spacial score (nSPS) is 15.6. The molecule has 0 bridgehead atoms. The van der Waals surface area contributed by atoms with Crippen molar-refractivity contribution in [1.82, 2.24) is 0 Å². The average Bonchev–Trinajstić information content (AvgIpc) is 2.03. The molecule has 0 amide bonds. The molecular formula is C11H23N. The smallest absolute Gasteiger partial charge is 0.00361 e. The van der Waals surface area contributed by atoms with Crippen molar-refractivity contribution in [3.05, 3.63) is 12.7 Å². The van der Waals surface area contributed by atoms with Gasteiger partial charge >= 0.3 is 0 Å². The quantitative estimate of drug-likeness (QED) is 0.460. The van der Waals surface area contributed by atoms with Crippen molar-refractivity contribution < 1.29 is 0 Å². The van der Waals surface area contributed by atoms with E-state index in [4.69, 9.17) is 5.73 Å². The summed E-state index contributed by atoms with van der Waals surface area (Å²) in [4.78, 5) is 0. The zero-order valence-corrected chi connectivity index (χ0v) is 8.55. The van der Waals surface area contributed by atoms with Crippen LogP contribution in [0.4, 0.5) is 0 Å². The predicted octanol–water partition coefficient (Wildman–Crippen LogP) is 3.11. The first-order chi connectivity index (χ1) is 5.68. The third kappa shape index (κ3) is 6.41. The minimum atomic E-state index is 0.351. The molecule has 0 fully saturated rings. The summed E-state index contributed by atoms with van der Waals surface area (Å²) in [7, 11) is 0. The fraction of sp³-hybridized carbons (Fsp3) is 0.818. The Hall–Kier alpha value is -0.300. The number of hydrogen-bond donors (Lipinski definition) is 1. The van der Waals surface area contributed by atoms with Crippen molar-refractivity contribution in [2.45, 2.75) is 52.0 Å². The van der Waals surface area contributed by atoms with Crippen LogP contribution in [0.3, 0.4) is 0 Å². The van der Waals surface area contributed by atoms with Crippen LogP contribution in [0.5, 0.6) is 0 Å². The van der Waals surface area contributed by atoms with E-state index in [0.717, 1.165) is 6.42 Å². The van der Waals surface area contributed by atoms with Gasteiger partial charge in [0, 0.05) is 6.04 Å². The molecule has 0 aliphatic carbocycles. The first kappa shape index (κ1) is 11.7. The molecule has 0 radical (unpaired) electrons. The van der Waals surface area contributed by atoms with Gasteiger partial charge in [-0.15, -0.1) is 6.58 Å². The van der Waals surface area contributed by atoms with Crippen LogP contribution in [0, 0.1) is 5.92 Å². The van der Waals surface area contributed by atoms with E-state index >= 15 is 0 Å². The largest absolute Gasteiger partial charge is 0.328 e. The molecule has 0 aromatic rings. The lowest BCUT2D eigenvalue weighted by Gasteiger charge is -2.14.